The van der Waals surface area contributed by atoms with E-state index in [1.165, 1.54) is 5.56 Å². The number of pyridine rings is 1. The van der Waals surface area contributed by atoms with Gasteiger partial charge in [0.15, 0.2) is 0 Å². The molecule has 26 heavy (non-hydrogen) atoms. The Morgan fingerprint density at radius 2 is 1.65 bits per heavy atom. The van der Waals surface area contributed by atoms with E-state index in [9.17, 15) is 4.79 Å². The number of nitrogens with zero attached hydrogens (tertiary/aromatic N) is 1. The molecule has 0 saturated heterocycles. The molecule has 3 heteroatoms. The largest absolute Gasteiger partial charge is 0.456 e. The normalized spacial score (nSPS) is 11.6. The Bertz CT molecular complexity index is 944. The second-order valence-corrected chi connectivity index (χ2v) is 7.80. The summed E-state index contributed by atoms with van der Waals surface area (Å²) in [5, 5.41) is 1.01. The van der Waals surface area contributed by atoms with Gasteiger partial charge in [0.05, 0.1) is 5.52 Å². The van der Waals surface area contributed by atoms with Gasteiger partial charge in [0.1, 0.15) is 12.3 Å². The number of aryl methyl sites for hydroxylation is 2. The van der Waals surface area contributed by atoms with Crippen LogP contribution in [0.4, 0.5) is 0 Å². The van der Waals surface area contributed by atoms with E-state index in [-0.39, 0.29) is 12.0 Å². The first-order chi connectivity index (χ1) is 12.3. The summed E-state index contributed by atoms with van der Waals surface area (Å²) in [5.41, 5.74) is 5.88. The van der Waals surface area contributed by atoms with Crippen molar-refractivity contribution in [2.75, 3.05) is 0 Å². The van der Waals surface area contributed by atoms with Crippen molar-refractivity contribution in [3.63, 3.8) is 0 Å². The number of rotatable bonds is 3. The van der Waals surface area contributed by atoms with Crippen LogP contribution in [0.2, 0.25) is 0 Å². The van der Waals surface area contributed by atoms with E-state index in [1.807, 2.05) is 30.3 Å². The third-order valence-corrected chi connectivity index (χ3v) is 4.72. The number of aromatic nitrogens is 1. The molecule has 0 saturated carbocycles. The van der Waals surface area contributed by atoms with Crippen LogP contribution in [-0.2, 0) is 16.8 Å². The van der Waals surface area contributed by atoms with Crippen LogP contribution in [-0.4, -0.2) is 11.0 Å². The molecule has 0 spiro atoms. The zero-order valence-corrected chi connectivity index (χ0v) is 16.1. The van der Waals surface area contributed by atoms with Crippen LogP contribution in [0, 0.1) is 13.8 Å². The zero-order valence-electron chi connectivity index (χ0n) is 16.1. The van der Waals surface area contributed by atoms with Crippen LogP contribution >= 0.6 is 0 Å². The number of carbonyl (C=O) groups excluding carboxylic acids is 1. The monoisotopic (exact) mass is 347 g/mol. The van der Waals surface area contributed by atoms with E-state index in [1.54, 1.807) is 6.07 Å². The first kappa shape index (κ1) is 18.1. The molecule has 0 bridgehead atoms. The summed E-state index contributed by atoms with van der Waals surface area (Å²) < 4.78 is 5.55. The molecule has 3 aromatic rings. The van der Waals surface area contributed by atoms with Crippen LogP contribution in [0.5, 0.6) is 0 Å². The van der Waals surface area contributed by atoms with Crippen molar-refractivity contribution in [2.24, 2.45) is 0 Å². The third kappa shape index (κ3) is 3.77. The number of hydrogen-bond donors (Lipinski definition) is 0. The molecule has 3 nitrogen and oxygen atoms in total. The van der Waals surface area contributed by atoms with Gasteiger partial charge in [-0.15, -0.1) is 0 Å². The van der Waals surface area contributed by atoms with Gasteiger partial charge in [0, 0.05) is 5.39 Å². The Labute approximate surface area is 155 Å². The van der Waals surface area contributed by atoms with Crippen LogP contribution in [0.25, 0.3) is 10.9 Å². The van der Waals surface area contributed by atoms with Crippen molar-refractivity contribution < 1.29 is 9.53 Å². The van der Waals surface area contributed by atoms with Crippen molar-refractivity contribution in [3.05, 3.63) is 76.5 Å². The quantitative estimate of drug-likeness (QED) is 0.587. The second kappa shape index (κ2) is 6.91. The first-order valence-electron chi connectivity index (χ1n) is 8.89. The molecule has 0 unspecified atom stereocenters. The Morgan fingerprint density at radius 3 is 2.31 bits per heavy atom. The maximum absolute atomic E-state index is 12.4. The molecule has 0 N–H and O–H groups in total. The minimum Gasteiger partial charge on any atom is -0.456 e. The smallest absolute Gasteiger partial charge is 0.357 e. The summed E-state index contributed by atoms with van der Waals surface area (Å²) in [7, 11) is 0. The Morgan fingerprint density at radius 1 is 1.00 bits per heavy atom. The lowest BCUT2D eigenvalue weighted by Crippen LogP contribution is -2.14. The van der Waals surface area contributed by atoms with Gasteiger partial charge in [-0.3, -0.25) is 0 Å². The highest BCUT2D eigenvalue weighted by atomic mass is 16.5. The number of benzene rings is 2. The minimum atomic E-state index is -0.394. The van der Waals surface area contributed by atoms with Gasteiger partial charge >= 0.3 is 5.97 Å². The highest BCUT2D eigenvalue weighted by Gasteiger charge is 2.17. The summed E-state index contributed by atoms with van der Waals surface area (Å²) in [5.74, 6) is -0.394. The summed E-state index contributed by atoms with van der Waals surface area (Å²) in [6, 6.07) is 15.7. The summed E-state index contributed by atoms with van der Waals surface area (Å²) in [6.07, 6.45) is 0. The topological polar surface area (TPSA) is 39.2 Å². The molecule has 0 aliphatic rings. The number of hydrogen-bond acceptors (Lipinski definition) is 3. The van der Waals surface area contributed by atoms with Crippen molar-refractivity contribution >= 4 is 16.9 Å². The van der Waals surface area contributed by atoms with Crippen molar-refractivity contribution in [1.82, 2.24) is 4.98 Å². The number of para-hydroxylation sites is 1. The van der Waals surface area contributed by atoms with Crippen LogP contribution in [0.3, 0.4) is 0 Å². The molecular formula is C23H25NO2. The Balaban J connectivity index is 1.78. The van der Waals surface area contributed by atoms with Gasteiger partial charge in [0.2, 0.25) is 0 Å². The van der Waals surface area contributed by atoms with Gasteiger partial charge in [-0.25, -0.2) is 9.78 Å². The Hall–Kier alpha value is -2.68. The van der Waals surface area contributed by atoms with Gasteiger partial charge < -0.3 is 4.74 Å². The lowest BCUT2D eigenvalue weighted by atomic mass is 9.84. The van der Waals surface area contributed by atoms with E-state index in [0.29, 0.717) is 5.69 Å². The second-order valence-electron chi connectivity index (χ2n) is 7.80. The highest BCUT2D eigenvalue weighted by molar-refractivity contribution is 5.91. The molecule has 0 aliphatic carbocycles. The van der Waals surface area contributed by atoms with Gasteiger partial charge in [-0.2, -0.15) is 0 Å². The van der Waals surface area contributed by atoms with Crippen molar-refractivity contribution in [2.45, 2.75) is 46.6 Å². The third-order valence-electron chi connectivity index (χ3n) is 4.72. The van der Waals surface area contributed by atoms with Gasteiger partial charge in [-0.05, 0) is 53.6 Å². The first-order valence-corrected chi connectivity index (χ1v) is 8.89. The van der Waals surface area contributed by atoms with Crippen molar-refractivity contribution in [1.29, 1.82) is 0 Å². The average Bonchev–Trinajstić information content (AvgIpc) is 2.59. The van der Waals surface area contributed by atoms with Crippen LogP contribution in [0.15, 0.2) is 48.5 Å². The fourth-order valence-electron chi connectivity index (χ4n) is 3.05. The van der Waals surface area contributed by atoms with E-state index in [0.717, 1.165) is 27.6 Å². The number of esters is 1. The molecule has 0 amide bonds. The maximum atomic E-state index is 12.4. The molecular weight excluding hydrogens is 322 g/mol. The number of ether oxygens (including phenoxy) is 1. The predicted molar refractivity (Wildman–Crippen MR) is 105 cm³/mol. The predicted octanol–water partition coefficient (Wildman–Crippen LogP) is 5.51. The molecule has 3 rings (SSSR count). The summed E-state index contributed by atoms with van der Waals surface area (Å²) in [4.78, 5) is 16.8. The average molecular weight is 347 g/mol. The minimum absolute atomic E-state index is 0.0970. The fraction of sp³-hybridized carbons (Fsp3) is 0.304. The molecule has 0 atom stereocenters. The standard InChI is InChI=1S/C23H25NO2/c1-15-12-18(23(3,4)5)13-16(2)19(15)14-26-22(25)21-11-10-17-8-6-7-9-20(17)24-21/h6-13H,14H2,1-5H3. The van der Waals surface area contributed by atoms with Crippen molar-refractivity contribution in [3.8, 4) is 0 Å². The molecule has 1 heterocycles. The number of carbonyl (C=O) groups is 1. The zero-order chi connectivity index (χ0) is 18.9. The van der Waals surface area contributed by atoms with Crippen LogP contribution < -0.4 is 0 Å². The van der Waals surface area contributed by atoms with E-state index in [4.69, 9.17) is 4.74 Å². The molecule has 134 valence electrons. The molecule has 0 radical (unpaired) electrons. The summed E-state index contributed by atoms with van der Waals surface area (Å²) in [6.45, 7) is 11.0. The number of fused-ring (bicyclic) bond motifs is 1. The fourth-order valence-corrected chi connectivity index (χ4v) is 3.05. The maximum Gasteiger partial charge on any atom is 0.357 e. The van der Waals surface area contributed by atoms with Crippen LogP contribution in [0.1, 0.15) is 53.5 Å². The Kier molecular flexibility index (Phi) is 4.82. The lowest BCUT2D eigenvalue weighted by Gasteiger charge is -2.22. The SMILES string of the molecule is Cc1cc(C(C)(C)C)cc(C)c1COC(=O)c1ccc2ccccc2n1. The lowest BCUT2D eigenvalue weighted by molar-refractivity contribution is 0.0465. The van der Waals surface area contributed by atoms with Gasteiger partial charge in [-0.1, -0.05) is 57.2 Å². The molecule has 0 fully saturated rings. The van der Waals surface area contributed by atoms with Gasteiger partial charge in [0.25, 0.3) is 0 Å². The highest BCUT2D eigenvalue weighted by Crippen LogP contribution is 2.27. The summed E-state index contributed by atoms with van der Waals surface area (Å²) >= 11 is 0. The molecule has 1 aromatic heterocycles. The van der Waals surface area contributed by atoms with E-state index >= 15 is 0 Å². The van der Waals surface area contributed by atoms with E-state index < -0.39 is 5.97 Å². The molecule has 0 aliphatic heterocycles. The van der Waals surface area contributed by atoms with E-state index in [2.05, 4.69) is 51.7 Å². The molecule has 2 aromatic carbocycles.